The minimum absolute atomic E-state index is 0.294. The van der Waals surface area contributed by atoms with Gasteiger partial charge in [-0.3, -0.25) is 4.79 Å². The number of carbonyl (C=O) groups excluding carboxylic acids is 1. The van der Waals surface area contributed by atoms with Crippen molar-refractivity contribution in [1.82, 2.24) is 5.43 Å². The van der Waals surface area contributed by atoms with E-state index in [1.807, 2.05) is 0 Å². The Bertz CT molecular complexity index is 559. The molecule has 0 aliphatic rings. The van der Waals surface area contributed by atoms with E-state index in [-0.39, 0.29) is 5.91 Å². The summed E-state index contributed by atoms with van der Waals surface area (Å²) >= 11 is 5.74. The number of rotatable bonds is 3. The lowest BCUT2D eigenvalue weighted by molar-refractivity contribution is 0.0955. The van der Waals surface area contributed by atoms with Crippen molar-refractivity contribution in [2.75, 3.05) is 0 Å². The van der Waals surface area contributed by atoms with E-state index in [1.54, 1.807) is 49.6 Å². The van der Waals surface area contributed by atoms with Gasteiger partial charge >= 0.3 is 0 Å². The Labute approximate surface area is 109 Å². The highest BCUT2D eigenvalue weighted by Gasteiger charge is 2.05. The number of hydrazone groups is 1. The molecule has 4 nitrogen and oxygen atoms in total. The van der Waals surface area contributed by atoms with E-state index in [0.717, 1.165) is 0 Å². The minimum atomic E-state index is -0.294. The van der Waals surface area contributed by atoms with Crippen LogP contribution in [-0.2, 0) is 0 Å². The van der Waals surface area contributed by atoms with E-state index in [1.165, 1.54) is 0 Å². The van der Waals surface area contributed by atoms with Crippen molar-refractivity contribution in [3.05, 3.63) is 59.0 Å². The van der Waals surface area contributed by atoms with E-state index in [9.17, 15) is 4.79 Å². The van der Waals surface area contributed by atoms with Crippen LogP contribution < -0.4 is 5.43 Å². The first-order chi connectivity index (χ1) is 8.66. The summed E-state index contributed by atoms with van der Waals surface area (Å²) in [5, 5.41) is 4.54. The molecule has 1 N–H and O–H groups in total. The predicted molar refractivity (Wildman–Crippen MR) is 69.8 cm³/mol. The second-order valence-corrected chi connectivity index (χ2v) is 4.06. The second-order valence-electron chi connectivity index (χ2n) is 3.62. The van der Waals surface area contributed by atoms with Crippen LogP contribution in [0.25, 0.3) is 0 Å². The molecule has 1 aromatic carbocycles. The lowest BCUT2D eigenvalue weighted by Crippen LogP contribution is -2.19. The Morgan fingerprint density at radius 3 is 2.61 bits per heavy atom. The van der Waals surface area contributed by atoms with Gasteiger partial charge in [-0.1, -0.05) is 11.6 Å². The molecule has 0 atom stereocenters. The van der Waals surface area contributed by atoms with Crippen molar-refractivity contribution >= 4 is 23.2 Å². The van der Waals surface area contributed by atoms with Gasteiger partial charge in [0.05, 0.1) is 6.26 Å². The molecule has 0 bridgehead atoms. The highest BCUT2D eigenvalue weighted by atomic mass is 35.5. The van der Waals surface area contributed by atoms with Crippen LogP contribution in [0.1, 0.15) is 23.0 Å². The van der Waals surface area contributed by atoms with Crippen LogP contribution in [0.5, 0.6) is 0 Å². The third kappa shape index (κ3) is 2.99. The average molecular weight is 263 g/mol. The first-order valence-corrected chi connectivity index (χ1v) is 5.68. The number of halogens is 1. The zero-order valence-corrected chi connectivity index (χ0v) is 10.4. The van der Waals surface area contributed by atoms with Crippen LogP contribution in [0, 0.1) is 0 Å². The number of nitrogens with zero attached hydrogens (tertiary/aromatic N) is 1. The van der Waals surface area contributed by atoms with Gasteiger partial charge in [0.2, 0.25) is 0 Å². The normalized spacial score (nSPS) is 11.3. The number of nitrogens with one attached hydrogen (secondary N) is 1. The topological polar surface area (TPSA) is 54.6 Å². The monoisotopic (exact) mass is 262 g/mol. The van der Waals surface area contributed by atoms with Crippen LogP contribution in [0.15, 0.2) is 52.2 Å². The summed E-state index contributed by atoms with van der Waals surface area (Å²) in [6, 6.07) is 10.1. The third-order valence-corrected chi connectivity index (χ3v) is 2.56. The molecule has 0 radical (unpaired) electrons. The third-order valence-electron chi connectivity index (χ3n) is 2.31. The molecule has 0 unspecified atom stereocenters. The largest absolute Gasteiger partial charge is 0.463 e. The van der Waals surface area contributed by atoms with Gasteiger partial charge in [0.15, 0.2) is 0 Å². The van der Waals surface area contributed by atoms with Crippen molar-refractivity contribution in [1.29, 1.82) is 0 Å². The zero-order chi connectivity index (χ0) is 13.0. The molecular formula is C13H11ClN2O2. The fourth-order valence-corrected chi connectivity index (χ4v) is 1.47. The standard InChI is InChI=1S/C13H11ClN2O2/c1-9(12-3-2-8-18-12)15-16-13(17)10-4-6-11(14)7-5-10/h2-8H,1H3,(H,16,17). The lowest BCUT2D eigenvalue weighted by atomic mass is 10.2. The van der Waals surface area contributed by atoms with Crippen LogP contribution in [0.2, 0.25) is 5.02 Å². The Balaban J connectivity index is 2.04. The minimum Gasteiger partial charge on any atom is -0.463 e. The van der Waals surface area contributed by atoms with Gasteiger partial charge in [-0.05, 0) is 43.3 Å². The molecule has 0 spiro atoms. The van der Waals surface area contributed by atoms with E-state index in [0.29, 0.717) is 22.1 Å². The first kappa shape index (κ1) is 12.4. The van der Waals surface area contributed by atoms with Gasteiger partial charge in [0.25, 0.3) is 5.91 Å². The molecule has 2 aromatic rings. The highest BCUT2D eigenvalue weighted by Crippen LogP contribution is 2.09. The van der Waals surface area contributed by atoms with E-state index in [2.05, 4.69) is 10.5 Å². The van der Waals surface area contributed by atoms with Crippen molar-refractivity contribution in [3.63, 3.8) is 0 Å². The van der Waals surface area contributed by atoms with Gasteiger partial charge in [-0.2, -0.15) is 5.10 Å². The predicted octanol–water partition coefficient (Wildman–Crippen LogP) is 3.09. The second kappa shape index (κ2) is 5.51. The van der Waals surface area contributed by atoms with Crippen molar-refractivity contribution in [2.24, 2.45) is 5.10 Å². The summed E-state index contributed by atoms with van der Waals surface area (Å²) in [5.74, 6) is 0.323. The SMILES string of the molecule is CC(=NNC(=O)c1ccc(Cl)cc1)c1ccco1. The molecule has 1 amide bonds. The molecule has 18 heavy (non-hydrogen) atoms. The Morgan fingerprint density at radius 2 is 2.00 bits per heavy atom. The van der Waals surface area contributed by atoms with Crippen molar-refractivity contribution in [3.8, 4) is 0 Å². The summed E-state index contributed by atoms with van der Waals surface area (Å²) in [6.07, 6.45) is 1.55. The number of hydrogen-bond donors (Lipinski definition) is 1. The fourth-order valence-electron chi connectivity index (χ4n) is 1.34. The number of amides is 1. The molecule has 0 fully saturated rings. The Morgan fingerprint density at radius 1 is 1.28 bits per heavy atom. The van der Waals surface area contributed by atoms with Crippen LogP contribution in [-0.4, -0.2) is 11.6 Å². The number of furan rings is 1. The highest BCUT2D eigenvalue weighted by molar-refractivity contribution is 6.30. The lowest BCUT2D eigenvalue weighted by Gasteiger charge is -2.01. The molecule has 0 saturated heterocycles. The van der Waals surface area contributed by atoms with Crippen LogP contribution >= 0.6 is 11.6 Å². The molecule has 1 heterocycles. The number of benzene rings is 1. The van der Waals surface area contributed by atoms with Gasteiger partial charge in [0, 0.05) is 10.6 Å². The van der Waals surface area contributed by atoms with Crippen LogP contribution in [0.3, 0.4) is 0 Å². The summed E-state index contributed by atoms with van der Waals surface area (Å²) in [6.45, 7) is 1.75. The van der Waals surface area contributed by atoms with Gasteiger partial charge < -0.3 is 4.42 Å². The number of hydrogen-bond acceptors (Lipinski definition) is 3. The summed E-state index contributed by atoms with van der Waals surface area (Å²) in [7, 11) is 0. The molecule has 0 aliphatic heterocycles. The summed E-state index contributed by atoms with van der Waals surface area (Å²) in [5.41, 5.74) is 3.55. The Hall–Kier alpha value is -2.07. The maximum absolute atomic E-state index is 11.7. The van der Waals surface area contributed by atoms with Gasteiger partial charge in [-0.25, -0.2) is 5.43 Å². The maximum atomic E-state index is 11.7. The maximum Gasteiger partial charge on any atom is 0.271 e. The van der Waals surface area contributed by atoms with E-state index in [4.69, 9.17) is 16.0 Å². The quantitative estimate of drug-likeness (QED) is 0.683. The molecule has 92 valence electrons. The molecule has 2 rings (SSSR count). The van der Waals surface area contributed by atoms with E-state index >= 15 is 0 Å². The summed E-state index contributed by atoms with van der Waals surface area (Å²) < 4.78 is 5.15. The molecule has 0 saturated carbocycles. The average Bonchev–Trinajstić information content (AvgIpc) is 2.90. The fraction of sp³-hybridized carbons (Fsp3) is 0.0769. The Kier molecular flexibility index (Phi) is 3.79. The molecular weight excluding hydrogens is 252 g/mol. The summed E-state index contributed by atoms with van der Waals surface area (Å²) in [4.78, 5) is 11.7. The molecule has 1 aromatic heterocycles. The van der Waals surface area contributed by atoms with Crippen molar-refractivity contribution in [2.45, 2.75) is 6.92 Å². The zero-order valence-electron chi connectivity index (χ0n) is 9.68. The molecule has 0 aliphatic carbocycles. The van der Waals surface area contributed by atoms with Crippen LogP contribution in [0.4, 0.5) is 0 Å². The smallest absolute Gasteiger partial charge is 0.271 e. The van der Waals surface area contributed by atoms with Gasteiger partial charge in [-0.15, -0.1) is 0 Å². The van der Waals surface area contributed by atoms with Gasteiger partial charge in [0.1, 0.15) is 11.5 Å². The molecule has 5 heteroatoms. The van der Waals surface area contributed by atoms with E-state index < -0.39 is 0 Å². The van der Waals surface area contributed by atoms with Crippen molar-refractivity contribution < 1.29 is 9.21 Å². The number of carbonyl (C=O) groups is 1. The first-order valence-electron chi connectivity index (χ1n) is 5.31.